The van der Waals surface area contributed by atoms with Crippen molar-refractivity contribution in [3.63, 3.8) is 0 Å². The fourth-order valence-corrected chi connectivity index (χ4v) is 3.57. The van der Waals surface area contributed by atoms with Crippen molar-refractivity contribution >= 4 is 33.0 Å². The molecular weight excluding hydrogens is 300 g/mol. The maximum absolute atomic E-state index is 12.6. The normalized spacial score (nSPS) is 11.7. The van der Waals surface area contributed by atoms with Crippen molar-refractivity contribution < 1.29 is 4.79 Å². The predicted molar refractivity (Wildman–Crippen MR) is 87.6 cm³/mol. The number of carbonyl (C=O) groups excluding carboxylic acids is 1. The summed E-state index contributed by atoms with van der Waals surface area (Å²) in [5, 5.41) is 7.06. The molecule has 3 aromatic heterocycles. The van der Waals surface area contributed by atoms with Crippen molar-refractivity contribution in [3.05, 3.63) is 33.2 Å². The lowest BCUT2D eigenvalue weighted by Gasteiger charge is -2.10. The number of aryl methyl sites for hydroxylation is 2. The molecule has 0 aliphatic carbocycles. The van der Waals surface area contributed by atoms with E-state index in [1.807, 2.05) is 38.2 Å². The summed E-state index contributed by atoms with van der Waals surface area (Å²) in [6.07, 6.45) is 0. The van der Waals surface area contributed by atoms with Gasteiger partial charge in [-0.15, -0.1) is 11.3 Å². The van der Waals surface area contributed by atoms with Gasteiger partial charge < -0.3 is 5.32 Å². The van der Waals surface area contributed by atoms with E-state index in [0.717, 1.165) is 10.2 Å². The van der Waals surface area contributed by atoms with Gasteiger partial charge >= 0.3 is 0 Å². The van der Waals surface area contributed by atoms with Crippen molar-refractivity contribution in [2.24, 2.45) is 0 Å². The Bertz CT molecular complexity index is 932. The minimum absolute atomic E-state index is 0.0367. The highest BCUT2D eigenvalue weighted by Crippen LogP contribution is 2.27. The van der Waals surface area contributed by atoms with E-state index in [-0.39, 0.29) is 24.1 Å². The van der Waals surface area contributed by atoms with Gasteiger partial charge in [0.05, 0.1) is 10.2 Å². The third kappa shape index (κ3) is 2.41. The summed E-state index contributed by atoms with van der Waals surface area (Å²) in [4.78, 5) is 25.6. The summed E-state index contributed by atoms with van der Waals surface area (Å²) in [5.41, 5.74) is 1.31. The first-order valence-electron chi connectivity index (χ1n) is 7.15. The molecule has 1 N–H and O–H groups in total. The van der Waals surface area contributed by atoms with Gasteiger partial charge in [-0.25, -0.2) is 4.68 Å². The van der Waals surface area contributed by atoms with E-state index in [2.05, 4.69) is 16.5 Å². The molecule has 3 rings (SSSR count). The second-order valence-corrected chi connectivity index (χ2v) is 6.99. The van der Waals surface area contributed by atoms with Crippen molar-refractivity contribution in [2.75, 3.05) is 0 Å². The lowest BCUT2D eigenvalue weighted by atomic mass is 10.4. The first kappa shape index (κ1) is 14.8. The van der Waals surface area contributed by atoms with Crippen LogP contribution in [0.4, 0.5) is 0 Å². The van der Waals surface area contributed by atoms with Crippen LogP contribution in [0.3, 0.4) is 0 Å². The Labute approximate surface area is 131 Å². The first-order valence-corrected chi connectivity index (χ1v) is 7.97. The molecule has 22 heavy (non-hydrogen) atoms. The van der Waals surface area contributed by atoms with Gasteiger partial charge in [0.1, 0.15) is 17.9 Å². The molecule has 0 atom stereocenters. The average Bonchev–Trinajstić information content (AvgIpc) is 2.90. The average molecular weight is 318 g/mol. The number of hydrogen-bond donors (Lipinski definition) is 1. The molecule has 0 fully saturated rings. The minimum atomic E-state index is -0.245. The summed E-state index contributed by atoms with van der Waals surface area (Å²) in [7, 11) is 0. The molecule has 0 aliphatic rings. The van der Waals surface area contributed by atoms with E-state index in [0.29, 0.717) is 11.3 Å². The van der Waals surface area contributed by atoms with Crippen LogP contribution >= 0.6 is 11.3 Å². The molecule has 0 unspecified atom stereocenters. The van der Waals surface area contributed by atoms with Crippen molar-refractivity contribution in [2.45, 2.75) is 40.3 Å². The predicted octanol–water partition coefficient (Wildman–Crippen LogP) is 1.85. The largest absolute Gasteiger partial charge is 0.352 e. The SMILES string of the molecule is Cc1cc2c(cc3c(=O)n(CC(=O)NC(C)C)nc(C)n32)s1. The minimum Gasteiger partial charge on any atom is -0.352 e. The molecule has 1 amide bonds. The Hall–Kier alpha value is -2.15. The van der Waals surface area contributed by atoms with E-state index >= 15 is 0 Å². The smallest absolute Gasteiger partial charge is 0.291 e. The van der Waals surface area contributed by atoms with Crippen LogP contribution in [0.2, 0.25) is 0 Å². The number of nitrogens with one attached hydrogen (secondary N) is 1. The maximum Gasteiger partial charge on any atom is 0.291 e. The van der Waals surface area contributed by atoms with E-state index in [9.17, 15) is 9.59 Å². The Balaban J connectivity index is 2.12. The van der Waals surface area contributed by atoms with E-state index in [1.165, 1.54) is 9.56 Å². The lowest BCUT2D eigenvalue weighted by molar-refractivity contribution is -0.122. The van der Waals surface area contributed by atoms with Gasteiger partial charge in [0.2, 0.25) is 5.91 Å². The van der Waals surface area contributed by atoms with Crippen LogP contribution in [0.5, 0.6) is 0 Å². The summed E-state index contributed by atoms with van der Waals surface area (Å²) in [6, 6.07) is 3.97. The first-order chi connectivity index (χ1) is 10.4. The summed E-state index contributed by atoms with van der Waals surface area (Å²) < 4.78 is 4.15. The second-order valence-electron chi connectivity index (χ2n) is 5.70. The van der Waals surface area contributed by atoms with Crippen LogP contribution < -0.4 is 10.9 Å². The van der Waals surface area contributed by atoms with Gasteiger partial charge in [0.15, 0.2) is 0 Å². The highest BCUT2D eigenvalue weighted by atomic mass is 32.1. The van der Waals surface area contributed by atoms with Crippen LogP contribution in [-0.2, 0) is 11.3 Å². The molecule has 0 bridgehead atoms. The van der Waals surface area contributed by atoms with Crippen LogP contribution in [0.1, 0.15) is 24.5 Å². The topological polar surface area (TPSA) is 68.4 Å². The number of hydrogen-bond acceptors (Lipinski definition) is 4. The van der Waals surface area contributed by atoms with Crippen molar-refractivity contribution in [1.82, 2.24) is 19.5 Å². The van der Waals surface area contributed by atoms with Crippen LogP contribution in [-0.4, -0.2) is 26.1 Å². The molecule has 0 radical (unpaired) electrons. The zero-order valence-electron chi connectivity index (χ0n) is 13.0. The third-order valence-electron chi connectivity index (χ3n) is 3.40. The standard InChI is InChI=1S/C15H18N4O2S/c1-8(2)16-14(20)7-18-15(21)12-6-13-11(5-9(3)22-13)19(12)10(4)17-18/h5-6,8H,7H2,1-4H3,(H,16,20). The molecule has 7 heteroatoms. The number of carbonyl (C=O) groups is 1. The number of fused-ring (bicyclic) bond motifs is 3. The van der Waals surface area contributed by atoms with E-state index < -0.39 is 0 Å². The van der Waals surface area contributed by atoms with E-state index in [1.54, 1.807) is 11.3 Å². The molecule has 0 spiro atoms. The Morgan fingerprint density at radius 2 is 2.05 bits per heavy atom. The number of aromatic nitrogens is 3. The monoisotopic (exact) mass is 318 g/mol. The van der Waals surface area contributed by atoms with Crippen LogP contribution in [0.15, 0.2) is 16.9 Å². The molecule has 3 aromatic rings. The molecule has 0 saturated carbocycles. The summed E-state index contributed by atoms with van der Waals surface area (Å²) >= 11 is 1.65. The lowest BCUT2D eigenvalue weighted by Crippen LogP contribution is -2.37. The number of thiophene rings is 1. The molecule has 0 aromatic carbocycles. The molecule has 0 aliphatic heterocycles. The van der Waals surface area contributed by atoms with Gasteiger partial charge in [0, 0.05) is 10.9 Å². The van der Waals surface area contributed by atoms with Gasteiger partial charge in [-0.3, -0.25) is 14.0 Å². The number of nitrogens with zero attached hydrogens (tertiary/aromatic N) is 3. The molecule has 116 valence electrons. The third-order valence-corrected chi connectivity index (χ3v) is 4.39. The maximum atomic E-state index is 12.6. The quantitative estimate of drug-likeness (QED) is 0.801. The highest BCUT2D eigenvalue weighted by Gasteiger charge is 2.15. The van der Waals surface area contributed by atoms with Crippen LogP contribution in [0.25, 0.3) is 15.7 Å². The van der Waals surface area contributed by atoms with E-state index in [4.69, 9.17) is 0 Å². The molecule has 3 heterocycles. The molecule has 0 saturated heterocycles. The van der Waals surface area contributed by atoms with Gasteiger partial charge in [-0.2, -0.15) is 5.10 Å². The number of rotatable bonds is 3. The summed E-state index contributed by atoms with van der Waals surface area (Å²) in [6.45, 7) is 7.58. The fourth-order valence-electron chi connectivity index (χ4n) is 2.63. The summed E-state index contributed by atoms with van der Waals surface area (Å²) in [5.74, 6) is 0.484. The zero-order chi connectivity index (χ0) is 16.0. The number of amides is 1. The molecular formula is C15H18N4O2S. The van der Waals surface area contributed by atoms with Gasteiger partial charge in [-0.05, 0) is 39.8 Å². The van der Waals surface area contributed by atoms with Gasteiger partial charge in [-0.1, -0.05) is 0 Å². The van der Waals surface area contributed by atoms with Crippen molar-refractivity contribution in [3.8, 4) is 0 Å². The van der Waals surface area contributed by atoms with Crippen LogP contribution in [0, 0.1) is 13.8 Å². The molecule has 6 nitrogen and oxygen atoms in total. The fraction of sp³-hybridized carbons (Fsp3) is 0.400. The van der Waals surface area contributed by atoms with Crippen molar-refractivity contribution in [1.29, 1.82) is 0 Å². The van der Waals surface area contributed by atoms with Gasteiger partial charge in [0.25, 0.3) is 5.56 Å². The second kappa shape index (κ2) is 5.24. The highest BCUT2D eigenvalue weighted by molar-refractivity contribution is 7.19. The Kier molecular flexibility index (Phi) is 3.52. The zero-order valence-corrected chi connectivity index (χ0v) is 13.8. The Morgan fingerprint density at radius 1 is 1.32 bits per heavy atom. The Morgan fingerprint density at radius 3 is 2.73 bits per heavy atom.